The first-order chi connectivity index (χ1) is 11.1. The van der Waals surface area contributed by atoms with Crippen LogP contribution in [0.2, 0.25) is 0 Å². The molecule has 0 radical (unpaired) electrons. The fraction of sp³-hybridized carbons (Fsp3) is 0.444. The van der Waals surface area contributed by atoms with Gasteiger partial charge in [-0.2, -0.15) is 0 Å². The van der Waals surface area contributed by atoms with Crippen molar-refractivity contribution in [2.75, 3.05) is 11.9 Å². The highest BCUT2D eigenvalue weighted by molar-refractivity contribution is 7.15. The maximum Gasteiger partial charge on any atom is 0.227 e. The summed E-state index contributed by atoms with van der Waals surface area (Å²) in [5, 5.41) is 7.02. The van der Waals surface area contributed by atoms with Gasteiger partial charge in [-0.3, -0.25) is 4.79 Å². The van der Waals surface area contributed by atoms with Gasteiger partial charge in [0.15, 0.2) is 5.13 Å². The molecule has 1 atom stereocenters. The number of nitrogens with zero attached hydrogens (tertiary/aromatic N) is 1. The van der Waals surface area contributed by atoms with Gasteiger partial charge < -0.3 is 10.6 Å². The Morgan fingerprint density at radius 3 is 2.83 bits per heavy atom. The molecule has 1 aromatic carbocycles. The molecule has 0 bridgehead atoms. The topological polar surface area (TPSA) is 54.0 Å². The highest BCUT2D eigenvalue weighted by Gasteiger charge is 2.18. The molecule has 23 heavy (non-hydrogen) atoms. The molecule has 0 aliphatic carbocycles. The van der Waals surface area contributed by atoms with Crippen molar-refractivity contribution in [3.8, 4) is 0 Å². The molecule has 3 rings (SSSR count). The van der Waals surface area contributed by atoms with Crippen molar-refractivity contribution < 1.29 is 4.79 Å². The Balaban J connectivity index is 1.61. The Hall–Kier alpha value is -1.72. The normalized spacial score (nSPS) is 17.4. The van der Waals surface area contributed by atoms with Crippen LogP contribution in [0, 0.1) is 13.8 Å². The molecule has 1 unspecified atom stereocenters. The lowest BCUT2D eigenvalue weighted by Crippen LogP contribution is -2.27. The summed E-state index contributed by atoms with van der Waals surface area (Å²) in [5.41, 5.74) is 3.54. The minimum Gasteiger partial charge on any atom is -0.313 e. The van der Waals surface area contributed by atoms with Crippen LogP contribution >= 0.6 is 11.3 Å². The number of hydrogen-bond acceptors (Lipinski definition) is 4. The summed E-state index contributed by atoms with van der Waals surface area (Å²) in [6.45, 7) is 5.12. The van der Waals surface area contributed by atoms with E-state index in [1.54, 1.807) is 11.3 Å². The molecule has 5 heteroatoms. The SMILES string of the molecule is Cc1ccc(Cc2sc(NC(=O)CC3CCCN3)nc2C)cc1. The van der Waals surface area contributed by atoms with E-state index >= 15 is 0 Å². The molecule has 1 aliphatic rings. The highest BCUT2D eigenvalue weighted by Crippen LogP contribution is 2.25. The Kier molecular flexibility index (Phi) is 5.08. The van der Waals surface area contributed by atoms with E-state index in [0.29, 0.717) is 17.6 Å². The third-order valence-electron chi connectivity index (χ3n) is 4.22. The fourth-order valence-corrected chi connectivity index (χ4v) is 3.87. The van der Waals surface area contributed by atoms with Gasteiger partial charge in [-0.15, -0.1) is 11.3 Å². The van der Waals surface area contributed by atoms with Crippen LogP contribution in [0.15, 0.2) is 24.3 Å². The van der Waals surface area contributed by atoms with Crippen LogP contribution in [0.3, 0.4) is 0 Å². The lowest BCUT2D eigenvalue weighted by molar-refractivity contribution is -0.116. The van der Waals surface area contributed by atoms with Gasteiger partial charge in [-0.1, -0.05) is 29.8 Å². The van der Waals surface area contributed by atoms with Crippen molar-refractivity contribution in [3.63, 3.8) is 0 Å². The summed E-state index contributed by atoms with van der Waals surface area (Å²) in [4.78, 5) is 17.8. The smallest absolute Gasteiger partial charge is 0.227 e. The first-order valence-electron chi connectivity index (χ1n) is 8.15. The average molecular weight is 329 g/mol. The molecule has 2 aromatic rings. The van der Waals surface area contributed by atoms with Crippen LogP contribution < -0.4 is 10.6 Å². The first kappa shape index (κ1) is 16.1. The quantitative estimate of drug-likeness (QED) is 0.883. The summed E-state index contributed by atoms with van der Waals surface area (Å²) in [6, 6.07) is 8.88. The van der Waals surface area contributed by atoms with E-state index < -0.39 is 0 Å². The maximum absolute atomic E-state index is 12.1. The van der Waals surface area contributed by atoms with Gasteiger partial charge in [-0.25, -0.2) is 4.98 Å². The number of nitrogens with one attached hydrogen (secondary N) is 2. The number of thiazole rings is 1. The van der Waals surface area contributed by atoms with Crippen molar-refractivity contribution in [1.29, 1.82) is 0 Å². The third-order valence-corrected chi connectivity index (χ3v) is 5.29. The Morgan fingerprint density at radius 1 is 1.35 bits per heavy atom. The highest BCUT2D eigenvalue weighted by atomic mass is 32.1. The molecule has 1 aromatic heterocycles. The number of aryl methyl sites for hydroxylation is 2. The molecule has 1 amide bonds. The van der Waals surface area contributed by atoms with Crippen LogP contribution in [-0.4, -0.2) is 23.5 Å². The molecular formula is C18H23N3OS. The van der Waals surface area contributed by atoms with Gasteiger partial charge in [0.2, 0.25) is 5.91 Å². The molecular weight excluding hydrogens is 306 g/mol. The third kappa shape index (κ3) is 4.39. The van der Waals surface area contributed by atoms with Crippen LogP contribution in [-0.2, 0) is 11.2 Å². The molecule has 122 valence electrons. The van der Waals surface area contributed by atoms with E-state index in [1.165, 1.54) is 16.0 Å². The molecule has 2 N–H and O–H groups in total. The second kappa shape index (κ2) is 7.23. The van der Waals surface area contributed by atoms with Crippen LogP contribution in [0.25, 0.3) is 0 Å². The number of carbonyl (C=O) groups is 1. The monoisotopic (exact) mass is 329 g/mol. The summed E-state index contributed by atoms with van der Waals surface area (Å²) >= 11 is 1.58. The van der Waals surface area contributed by atoms with Gasteiger partial charge in [0.1, 0.15) is 0 Å². The second-order valence-corrected chi connectivity index (χ2v) is 7.32. The summed E-state index contributed by atoms with van der Waals surface area (Å²) < 4.78 is 0. The fourth-order valence-electron chi connectivity index (χ4n) is 2.86. The number of benzene rings is 1. The van der Waals surface area contributed by atoms with Crippen molar-refractivity contribution >= 4 is 22.4 Å². The molecule has 1 fully saturated rings. The lowest BCUT2D eigenvalue weighted by Gasteiger charge is -2.08. The number of amides is 1. The largest absolute Gasteiger partial charge is 0.313 e. The van der Waals surface area contributed by atoms with E-state index in [1.807, 2.05) is 6.92 Å². The van der Waals surface area contributed by atoms with Gasteiger partial charge in [0.05, 0.1) is 5.69 Å². The summed E-state index contributed by atoms with van der Waals surface area (Å²) in [7, 11) is 0. The Labute approximate surface area is 141 Å². The number of anilines is 1. The van der Waals surface area contributed by atoms with Gasteiger partial charge in [-0.05, 0) is 38.8 Å². The number of rotatable bonds is 5. The van der Waals surface area contributed by atoms with Crippen molar-refractivity contribution in [2.45, 2.75) is 45.6 Å². The number of hydrogen-bond donors (Lipinski definition) is 2. The zero-order valence-corrected chi connectivity index (χ0v) is 14.5. The van der Waals surface area contributed by atoms with Crippen molar-refractivity contribution in [3.05, 3.63) is 46.0 Å². The molecule has 0 spiro atoms. The molecule has 2 heterocycles. The minimum atomic E-state index is 0.0556. The minimum absolute atomic E-state index is 0.0556. The Bertz CT molecular complexity index is 672. The lowest BCUT2D eigenvalue weighted by atomic mass is 10.1. The van der Waals surface area contributed by atoms with Gasteiger partial charge in [0, 0.05) is 23.8 Å². The molecule has 0 saturated carbocycles. The van der Waals surface area contributed by atoms with E-state index in [9.17, 15) is 4.79 Å². The Morgan fingerprint density at radius 2 is 2.13 bits per heavy atom. The summed E-state index contributed by atoms with van der Waals surface area (Å²) in [5.74, 6) is 0.0556. The zero-order chi connectivity index (χ0) is 16.2. The number of carbonyl (C=O) groups excluding carboxylic acids is 1. The maximum atomic E-state index is 12.1. The second-order valence-electron chi connectivity index (χ2n) is 6.24. The predicted octanol–water partition coefficient (Wildman–Crippen LogP) is 3.43. The molecule has 1 aliphatic heterocycles. The van der Waals surface area contributed by atoms with E-state index in [4.69, 9.17) is 0 Å². The van der Waals surface area contributed by atoms with Crippen LogP contribution in [0.1, 0.15) is 41.0 Å². The summed E-state index contributed by atoms with van der Waals surface area (Å²) in [6.07, 6.45) is 3.65. The predicted molar refractivity (Wildman–Crippen MR) is 95.1 cm³/mol. The zero-order valence-electron chi connectivity index (χ0n) is 13.7. The van der Waals surface area contributed by atoms with Gasteiger partial charge in [0.25, 0.3) is 0 Å². The van der Waals surface area contributed by atoms with Crippen LogP contribution in [0.4, 0.5) is 5.13 Å². The first-order valence-corrected chi connectivity index (χ1v) is 8.97. The van der Waals surface area contributed by atoms with Crippen molar-refractivity contribution in [1.82, 2.24) is 10.3 Å². The van der Waals surface area contributed by atoms with E-state index in [2.05, 4.69) is 46.8 Å². The van der Waals surface area contributed by atoms with Gasteiger partial charge >= 0.3 is 0 Å². The number of aromatic nitrogens is 1. The molecule has 4 nitrogen and oxygen atoms in total. The van der Waals surface area contributed by atoms with E-state index in [0.717, 1.165) is 31.5 Å². The standard InChI is InChI=1S/C18H23N3OS/c1-12-5-7-14(8-6-12)10-16-13(2)20-18(23-16)21-17(22)11-15-4-3-9-19-15/h5-8,15,19H,3-4,9-11H2,1-2H3,(H,20,21,22). The van der Waals surface area contributed by atoms with Crippen molar-refractivity contribution in [2.24, 2.45) is 0 Å². The molecule has 1 saturated heterocycles. The van der Waals surface area contributed by atoms with E-state index in [-0.39, 0.29) is 5.91 Å². The average Bonchev–Trinajstić information content (AvgIpc) is 3.12. The van der Waals surface area contributed by atoms with Crippen LogP contribution in [0.5, 0.6) is 0 Å².